The molecule has 1 amide bonds. The minimum atomic E-state index is -0.523. The molecule has 0 aliphatic carbocycles. The summed E-state index contributed by atoms with van der Waals surface area (Å²) in [6, 6.07) is 12.2. The van der Waals surface area contributed by atoms with E-state index in [9.17, 15) is 9.18 Å². The van der Waals surface area contributed by atoms with Crippen molar-refractivity contribution in [3.63, 3.8) is 0 Å². The summed E-state index contributed by atoms with van der Waals surface area (Å²) >= 11 is 0. The zero-order chi connectivity index (χ0) is 23.3. The molecule has 1 saturated heterocycles. The van der Waals surface area contributed by atoms with Crippen molar-refractivity contribution in [3.05, 3.63) is 71.3 Å². The predicted octanol–water partition coefficient (Wildman–Crippen LogP) is 3.02. The number of hydrogen-bond donors (Lipinski definition) is 3. The standard InChI is InChI=1S/C25H27FN4O4/c26-22-3-1-16(11-21(22)25(31)28-9-5-18-6-10-29-30-18)20-7-8-27-13-17(20)14-32-19-2-4-23-24(12-19)34-15-33-23/h1-4,6,10-12,17,20,27H,5,7-9,13-15H2,(H,28,31)(H,29,30)/t17-,20-/m0/s1. The Kier molecular flexibility index (Phi) is 6.62. The van der Waals surface area contributed by atoms with Crippen LogP contribution in [0.25, 0.3) is 0 Å². The number of aromatic amines is 1. The van der Waals surface area contributed by atoms with Gasteiger partial charge in [-0.2, -0.15) is 5.10 Å². The summed E-state index contributed by atoms with van der Waals surface area (Å²) in [6.45, 7) is 2.73. The van der Waals surface area contributed by atoms with Gasteiger partial charge in [0.25, 0.3) is 5.91 Å². The first-order valence-electron chi connectivity index (χ1n) is 11.5. The van der Waals surface area contributed by atoms with Crippen molar-refractivity contribution in [2.24, 2.45) is 5.92 Å². The molecule has 34 heavy (non-hydrogen) atoms. The van der Waals surface area contributed by atoms with E-state index in [-0.39, 0.29) is 24.2 Å². The van der Waals surface area contributed by atoms with Crippen LogP contribution in [0.15, 0.2) is 48.7 Å². The first kappa shape index (κ1) is 22.2. The summed E-state index contributed by atoms with van der Waals surface area (Å²) in [5, 5.41) is 13.0. The number of piperidine rings is 1. The van der Waals surface area contributed by atoms with Gasteiger partial charge in [-0.15, -0.1) is 0 Å². The molecule has 0 spiro atoms. The van der Waals surface area contributed by atoms with Crippen LogP contribution in [0.4, 0.5) is 4.39 Å². The van der Waals surface area contributed by atoms with Crippen molar-refractivity contribution >= 4 is 5.91 Å². The zero-order valence-corrected chi connectivity index (χ0v) is 18.7. The van der Waals surface area contributed by atoms with E-state index in [4.69, 9.17) is 14.2 Å². The first-order valence-corrected chi connectivity index (χ1v) is 11.5. The van der Waals surface area contributed by atoms with Gasteiger partial charge in [-0.25, -0.2) is 4.39 Å². The number of nitrogens with zero attached hydrogens (tertiary/aromatic N) is 1. The third-order valence-electron chi connectivity index (χ3n) is 6.32. The van der Waals surface area contributed by atoms with E-state index in [0.29, 0.717) is 36.8 Å². The van der Waals surface area contributed by atoms with Crippen LogP contribution in [0.3, 0.4) is 0 Å². The lowest BCUT2D eigenvalue weighted by molar-refractivity contribution is 0.0949. The third kappa shape index (κ3) is 4.99. The number of benzene rings is 2. The Balaban J connectivity index is 1.25. The van der Waals surface area contributed by atoms with Crippen LogP contribution in [-0.2, 0) is 6.42 Å². The molecule has 0 saturated carbocycles. The summed E-state index contributed by atoms with van der Waals surface area (Å²) < 4.78 is 31.4. The molecule has 2 atom stereocenters. The number of fused-ring (bicyclic) bond motifs is 1. The van der Waals surface area contributed by atoms with Crippen molar-refractivity contribution in [2.45, 2.75) is 18.8 Å². The average molecular weight is 467 g/mol. The Morgan fingerprint density at radius 2 is 2.09 bits per heavy atom. The van der Waals surface area contributed by atoms with E-state index in [2.05, 4.69) is 20.8 Å². The van der Waals surface area contributed by atoms with Gasteiger partial charge in [0.05, 0.1) is 12.2 Å². The fourth-order valence-electron chi connectivity index (χ4n) is 4.48. The van der Waals surface area contributed by atoms with Gasteiger partial charge in [-0.05, 0) is 54.8 Å². The maximum atomic E-state index is 14.5. The lowest BCUT2D eigenvalue weighted by Gasteiger charge is -2.32. The highest BCUT2D eigenvalue weighted by molar-refractivity contribution is 5.94. The molecule has 1 aromatic heterocycles. The Bertz CT molecular complexity index is 1140. The quantitative estimate of drug-likeness (QED) is 0.472. The Morgan fingerprint density at radius 1 is 1.18 bits per heavy atom. The van der Waals surface area contributed by atoms with Crippen LogP contribution in [0.1, 0.15) is 34.0 Å². The number of amides is 1. The molecule has 0 bridgehead atoms. The molecule has 3 N–H and O–H groups in total. The molecule has 2 aliphatic rings. The van der Waals surface area contributed by atoms with E-state index in [1.165, 1.54) is 6.07 Å². The minimum absolute atomic E-state index is 0.0658. The lowest BCUT2D eigenvalue weighted by atomic mass is 9.81. The average Bonchev–Trinajstić information content (AvgIpc) is 3.55. The monoisotopic (exact) mass is 466 g/mol. The van der Waals surface area contributed by atoms with Crippen LogP contribution in [0, 0.1) is 11.7 Å². The van der Waals surface area contributed by atoms with Gasteiger partial charge in [0, 0.05) is 43.4 Å². The molecular weight excluding hydrogens is 439 g/mol. The number of aromatic nitrogens is 2. The molecule has 2 aliphatic heterocycles. The molecule has 5 rings (SSSR count). The lowest BCUT2D eigenvalue weighted by Crippen LogP contribution is -2.38. The molecule has 1 fully saturated rings. The van der Waals surface area contributed by atoms with Gasteiger partial charge in [-0.1, -0.05) is 6.07 Å². The number of H-pyrrole nitrogens is 1. The molecule has 0 radical (unpaired) electrons. The highest BCUT2D eigenvalue weighted by Gasteiger charge is 2.28. The van der Waals surface area contributed by atoms with Crippen molar-refractivity contribution in [1.29, 1.82) is 0 Å². The second kappa shape index (κ2) is 10.1. The van der Waals surface area contributed by atoms with Gasteiger partial charge in [0.1, 0.15) is 11.6 Å². The number of carbonyl (C=O) groups excluding carboxylic acids is 1. The van der Waals surface area contributed by atoms with Crippen molar-refractivity contribution < 1.29 is 23.4 Å². The van der Waals surface area contributed by atoms with Crippen LogP contribution < -0.4 is 24.8 Å². The number of carbonyl (C=O) groups is 1. The maximum Gasteiger partial charge on any atom is 0.254 e. The summed E-state index contributed by atoms with van der Waals surface area (Å²) in [5.41, 5.74) is 1.92. The molecule has 8 nitrogen and oxygen atoms in total. The molecule has 3 aromatic rings. The smallest absolute Gasteiger partial charge is 0.254 e. The van der Waals surface area contributed by atoms with Gasteiger partial charge >= 0.3 is 0 Å². The predicted molar refractivity (Wildman–Crippen MR) is 123 cm³/mol. The highest BCUT2D eigenvalue weighted by atomic mass is 19.1. The van der Waals surface area contributed by atoms with E-state index in [1.807, 2.05) is 24.3 Å². The summed E-state index contributed by atoms with van der Waals surface area (Å²) in [4.78, 5) is 12.7. The number of halogens is 1. The molecule has 2 aromatic carbocycles. The van der Waals surface area contributed by atoms with E-state index in [1.54, 1.807) is 18.3 Å². The fraction of sp³-hybridized carbons (Fsp3) is 0.360. The van der Waals surface area contributed by atoms with E-state index >= 15 is 0 Å². The second-order valence-corrected chi connectivity index (χ2v) is 8.51. The summed E-state index contributed by atoms with van der Waals surface area (Å²) in [6.07, 6.45) is 3.13. The topological polar surface area (TPSA) is 97.5 Å². The number of hydrogen-bond acceptors (Lipinski definition) is 6. The summed E-state index contributed by atoms with van der Waals surface area (Å²) in [5.74, 6) is 1.48. The molecular formula is C25H27FN4O4. The Morgan fingerprint density at radius 3 is 2.97 bits per heavy atom. The zero-order valence-electron chi connectivity index (χ0n) is 18.7. The van der Waals surface area contributed by atoms with E-state index in [0.717, 1.165) is 30.8 Å². The SMILES string of the molecule is O=C(NCCc1ccn[nH]1)c1cc([C@@H]2CCNC[C@H]2COc2ccc3c(c2)OCO3)ccc1F. The van der Waals surface area contributed by atoms with Crippen LogP contribution in [0.5, 0.6) is 17.2 Å². The van der Waals surface area contributed by atoms with Crippen LogP contribution in [-0.4, -0.2) is 49.1 Å². The van der Waals surface area contributed by atoms with Crippen molar-refractivity contribution in [3.8, 4) is 17.2 Å². The molecule has 3 heterocycles. The minimum Gasteiger partial charge on any atom is -0.493 e. The van der Waals surface area contributed by atoms with Crippen LogP contribution in [0.2, 0.25) is 0 Å². The Labute approximate surface area is 196 Å². The van der Waals surface area contributed by atoms with Gasteiger partial charge < -0.3 is 24.8 Å². The van der Waals surface area contributed by atoms with Crippen molar-refractivity contribution in [1.82, 2.24) is 20.8 Å². The van der Waals surface area contributed by atoms with E-state index < -0.39 is 11.7 Å². The largest absolute Gasteiger partial charge is 0.493 e. The summed E-state index contributed by atoms with van der Waals surface area (Å²) in [7, 11) is 0. The van der Waals surface area contributed by atoms with Crippen molar-refractivity contribution in [2.75, 3.05) is 33.0 Å². The number of ether oxygens (including phenoxy) is 3. The molecule has 9 heteroatoms. The fourth-order valence-corrected chi connectivity index (χ4v) is 4.48. The molecule has 0 unspecified atom stereocenters. The molecule has 178 valence electrons. The number of rotatable bonds is 8. The normalized spacial score (nSPS) is 19.1. The highest BCUT2D eigenvalue weighted by Crippen LogP contribution is 2.36. The second-order valence-electron chi connectivity index (χ2n) is 8.51. The first-order chi connectivity index (χ1) is 16.7. The van der Waals surface area contributed by atoms with Crippen LogP contribution >= 0.6 is 0 Å². The van der Waals surface area contributed by atoms with Gasteiger partial charge in [0.2, 0.25) is 6.79 Å². The Hall–Kier alpha value is -3.59. The number of nitrogens with one attached hydrogen (secondary N) is 3. The van der Waals surface area contributed by atoms with Gasteiger partial charge in [-0.3, -0.25) is 9.89 Å². The maximum absolute atomic E-state index is 14.5. The van der Waals surface area contributed by atoms with Gasteiger partial charge in [0.15, 0.2) is 11.5 Å². The third-order valence-corrected chi connectivity index (χ3v) is 6.32.